The molecule has 0 spiro atoms. The van der Waals surface area contributed by atoms with Gasteiger partial charge in [-0.2, -0.15) is 4.31 Å². The molecular formula is C26H30N4O4S. The van der Waals surface area contributed by atoms with E-state index in [1.54, 1.807) is 41.0 Å². The van der Waals surface area contributed by atoms with Crippen LogP contribution in [0.3, 0.4) is 0 Å². The smallest absolute Gasteiger partial charge is 0.243 e. The van der Waals surface area contributed by atoms with Gasteiger partial charge in [-0.15, -0.1) is 0 Å². The highest BCUT2D eigenvalue weighted by Crippen LogP contribution is 2.43. The first-order valence-corrected chi connectivity index (χ1v) is 13.3. The van der Waals surface area contributed by atoms with Crippen molar-refractivity contribution >= 4 is 10.0 Å². The number of nitrogens with zero attached hydrogens (tertiary/aromatic N) is 4. The van der Waals surface area contributed by atoms with E-state index in [1.165, 1.54) is 13.4 Å². The lowest BCUT2D eigenvalue weighted by Gasteiger charge is -2.57. The molecule has 2 aliphatic rings. The molecule has 0 radical (unpaired) electrons. The van der Waals surface area contributed by atoms with Crippen molar-refractivity contribution in [3.8, 4) is 16.9 Å². The van der Waals surface area contributed by atoms with Crippen LogP contribution in [0.5, 0.6) is 5.75 Å². The summed E-state index contributed by atoms with van der Waals surface area (Å²) in [6, 6.07) is 14.9. The molecule has 2 fully saturated rings. The van der Waals surface area contributed by atoms with E-state index in [9.17, 15) is 13.5 Å². The second-order valence-electron chi connectivity index (χ2n) is 9.08. The first-order valence-electron chi connectivity index (χ1n) is 11.9. The number of ether oxygens (including phenoxy) is 1. The third-order valence-electron chi connectivity index (χ3n) is 7.20. The van der Waals surface area contributed by atoms with Gasteiger partial charge in [0.25, 0.3) is 0 Å². The zero-order valence-corrected chi connectivity index (χ0v) is 20.5. The molecule has 5 rings (SSSR count). The molecule has 1 N–H and O–H groups in total. The summed E-state index contributed by atoms with van der Waals surface area (Å²) in [4.78, 5) is 10.7. The second kappa shape index (κ2) is 10.0. The van der Waals surface area contributed by atoms with Gasteiger partial charge in [0.1, 0.15) is 12.1 Å². The van der Waals surface area contributed by atoms with E-state index in [1.807, 2.05) is 12.1 Å². The van der Waals surface area contributed by atoms with Crippen molar-refractivity contribution in [3.63, 3.8) is 0 Å². The van der Waals surface area contributed by atoms with Gasteiger partial charge < -0.3 is 9.84 Å². The average molecular weight is 495 g/mol. The minimum Gasteiger partial charge on any atom is -0.497 e. The number of sulfonamides is 1. The van der Waals surface area contributed by atoms with Gasteiger partial charge >= 0.3 is 0 Å². The SMILES string of the molecule is COc1cccc(S(=O)(=O)N2CCCCN3[C@@H](CO)[C@H](c4ccc(-c5cncnc5)cc4)[C@@H]3C2)c1. The normalized spacial score (nSPS) is 23.5. The minimum absolute atomic E-state index is 0.00117. The quantitative estimate of drug-likeness (QED) is 0.563. The summed E-state index contributed by atoms with van der Waals surface area (Å²) < 4.78 is 34.0. The molecule has 2 aromatic carbocycles. The van der Waals surface area contributed by atoms with E-state index in [2.05, 4.69) is 27.0 Å². The molecule has 0 amide bonds. The Morgan fingerprint density at radius 2 is 1.77 bits per heavy atom. The largest absolute Gasteiger partial charge is 0.497 e. The summed E-state index contributed by atoms with van der Waals surface area (Å²) in [5.74, 6) is 0.563. The van der Waals surface area contributed by atoms with Crippen molar-refractivity contribution in [3.05, 3.63) is 72.8 Å². The van der Waals surface area contributed by atoms with Crippen molar-refractivity contribution < 1.29 is 18.3 Å². The van der Waals surface area contributed by atoms with Crippen LogP contribution in [0.25, 0.3) is 11.1 Å². The van der Waals surface area contributed by atoms with Crippen molar-refractivity contribution in [1.29, 1.82) is 0 Å². The summed E-state index contributed by atoms with van der Waals surface area (Å²) in [5.41, 5.74) is 3.06. The van der Waals surface area contributed by atoms with Crippen molar-refractivity contribution in [2.45, 2.75) is 35.7 Å². The van der Waals surface area contributed by atoms with Gasteiger partial charge in [0.05, 0.1) is 18.6 Å². The van der Waals surface area contributed by atoms with E-state index in [0.717, 1.165) is 36.1 Å². The zero-order chi connectivity index (χ0) is 24.4. The Hall–Kier alpha value is -2.85. The molecule has 3 heterocycles. The molecule has 2 aliphatic heterocycles. The van der Waals surface area contributed by atoms with E-state index in [4.69, 9.17) is 4.74 Å². The molecular weight excluding hydrogens is 464 g/mol. The highest BCUT2D eigenvalue weighted by Gasteiger charge is 2.50. The van der Waals surface area contributed by atoms with Gasteiger partial charge in [-0.1, -0.05) is 30.3 Å². The first kappa shape index (κ1) is 23.9. The number of hydrogen-bond acceptors (Lipinski definition) is 7. The number of aliphatic hydroxyl groups excluding tert-OH is 1. The molecule has 0 bridgehead atoms. The van der Waals surface area contributed by atoms with Gasteiger partial charge in [0.15, 0.2) is 0 Å². The van der Waals surface area contributed by atoms with Crippen molar-refractivity contribution in [2.75, 3.05) is 33.4 Å². The summed E-state index contributed by atoms with van der Waals surface area (Å²) >= 11 is 0. The second-order valence-corrected chi connectivity index (χ2v) is 11.0. The minimum atomic E-state index is -3.68. The number of hydrogen-bond donors (Lipinski definition) is 1. The molecule has 9 heteroatoms. The Morgan fingerprint density at radius 3 is 2.49 bits per heavy atom. The number of rotatable bonds is 6. The molecule has 3 atom stereocenters. The lowest BCUT2D eigenvalue weighted by Crippen LogP contribution is -2.67. The van der Waals surface area contributed by atoms with E-state index in [-0.39, 0.29) is 29.5 Å². The van der Waals surface area contributed by atoms with Crippen LogP contribution >= 0.6 is 0 Å². The molecule has 0 unspecified atom stereocenters. The number of methoxy groups -OCH3 is 1. The van der Waals surface area contributed by atoms with Gasteiger partial charge in [-0.3, -0.25) is 4.90 Å². The van der Waals surface area contributed by atoms with E-state index >= 15 is 0 Å². The predicted molar refractivity (Wildman–Crippen MR) is 133 cm³/mol. The summed E-state index contributed by atoms with van der Waals surface area (Å²) in [6.45, 7) is 1.76. The topological polar surface area (TPSA) is 95.9 Å². The Bertz CT molecular complexity index is 1250. The van der Waals surface area contributed by atoms with Crippen LogP contribution in [0, 0.1) is 0 Å². The molecule has 184 valence electrons. The predicted octanol–water partition coefficient (Wildman–Crippen LogP) is 2.77. The first-order chi connectivity index (χ1) is 17.0. The Kier molecular flexibility index (Phi) is 6.84. The third-order valence-corrected chi connectivity index (χ3v) is 9.06. The van der Waals surface area contributed by atoms with Crippen LogP contribution in [0.4, 0.5) is 0 Å². The van der Waals surface area contributed by atoms with Crippen LogP contribution in [0.2, 0.25) is 0 Å². The number of aromatic nitrogens is 2. The van der Waals surface area contributed by atoms with Crippen LogP contribution in [-0.2, 0) is 10.0 Å². The molecule has 0 aliphatic carbocycles. The van der Waals surface area contributed by atoms with Gasteiger partial charge in [0, 0.05) is 55.1 Å². The van der Waals surface area contributed by atoms with E-state index in [0.29, 0.717) is 18.8 Å². The lowest BCUT2D eigenvalue weighted by molar-refractivity contribution is -0.0553. The maximum atomic E-state index is 13.6. The van der Waals surface area contributed by atoms with Gasteiger partial charge in [-0.05, 0) is 42.6 Å². The number of benzene rings is 2. The van der Waals surface area contributed by atoms with E-state index < -0.39 is 10.0 Å². The van der Waals surface area contributed by atoms with Crippen LogP contribution in [0.15, 0.2) is 72.1 Å². The molecule has 3 aromatic rings. The molecule has 0 saturated carbocycles. The fourth-order valence-corrected chi connectivity index (χ4v) is 6.92. The maximum Gasteiger partial charge on any atom is 0.243 e. The molecule has 8 nitrogen and oxygen atoms in total. The number of aliphatic hydroxyl groups is 1. The fraction of sp³-hybridized carbons (Fsp3) is 0.385. The molecule has 35 heavy (non-hydrogen) atoms. The Morgan fingerprint density at radius 1 is 1.03 bits per heavy atom. The zero-order valence-electron chi connectivity index (χ0n) is 19.7. The van der Waals surface area contributed by atoms with Crippen molar-refractivity contribution in [1.82, 2.24) is 19.2 Å². The highest BCUT2D eigenvalue weighted by molar-refractivity contribution is 7.89. The maximum absolute atomic E-state index is 13.6. The summed E-state index contributed by atoms with van der Waals surface area (Å²) in [7, 11) is -2.15. The van der Waals surface area contributed by atoms with Gasteiger partial charge in [-0.25, -0.2) is 18.4 Å². The number of fused-ring (bicyclic) bond motifs is 1. The van der Waals surface area contributed by atoms with Gasteiger partial charge in [0.2, 0.25) is 10.0 Å². The van der Waals surface area contributed by atoms with Crippen LogP contribution in [-0.4, -0.2) is 78.1 Å². The van der Waals surface area contributed by atoms with Crippen molar-refractivity contribution in [2.24, 2.45) is 0 Å². The monoisotopic (exact) mass is 494 g/mol. The average Bonchev–Trinajstić information content (AvgIpc) is 2.88. The standard InChI is InChI=1S/C26H30N4O4S/c1-34-22-5-4-6-23(13-22)35(32,33)29-11-2-3-12-30-24(16-29)26(25(30)17-31)20-9-7-19(8-10-20)21-14-27-18-28-15-21/h4-10,13-15,18,24-26,31H,2-3,11-12,16-17H2,1H3/t24-,25-,26+/m0/s1. The Labute approximate surface area is 206 Å². The lowest BCUT2D eigenvalue weighted by atomic mass is 9.74. The Balaban J connectivity index is 1.42. The summed E-state index contributed by atoms with van der Waals surface area (Å²) in [6.07, 6.45) is 6.73. The highest BCUT2D eigenvalue weighted by atomic mass is 32.2. The molecule has 2 saturated heterocycles. The third kappa shape index (κ3) is 4.56. The van der Waals surface area contributed by atoms with Crippen LogP contribution < -0.4 is 4.74 Å². The van der Waals surface area contributed by atoms with Crippen LogP contribution in [0.1, 0.15) is 24.3 Å². The summed E-state index contributed by atoms with van der Waals surface area (Å²) in [5, 5.41) is 10.2. The fourth-order valence-electron chi connectivity index (χ4n) is 5.38. The molecule has 1 aromatic heterocycles.